The van der Waals surface area contributed by atoms with E-state index >= 15 is 0 Å². The van der Waals surface area contributed by atoms with E-state index in [1.807, 2.05) is 42.7 Å². The molecular weight excluding hydrogens is 398 g/mol. The van der Waals surface area contributed by atoms with Crippen molar-refractivity contribution < 1.29 is 9.53 Å². The Hall–Kier alpha value is -2.67. The lowest BCUT2D eigenvalue weighted by Crippen LogP contribution is -2.30. The van der Waals surface area contributed by atoms with Gasteiger partial charge < -0.3 is 9.64 Å². The number of hydrogen-bond donors (Lipinski definition) is 0. The monoisotopic (exact) mass is 425 g/mol. The highest BCUT2D eigenvalue weighted by Gasteiger charge is 2.27. The molecule has 0 fully saturated rings. The minimum Gasteiger partial charge on any atom is -0.496 e. The number of carbonyl (C=O) groups excluding carboxylic acids is 1. The Morgan fingerprint density at radius 1 is 1.27 bits per heavy atom. The number of benzene rings is 1. The second kappa shape index (κ2) is 8.22. The lowest BCUT2D eigenvalue weighted by molar-refractivity contribution is 0.0745. The van der Waals surface area contributed by atoms with Crippen molar-refractivity contribution >= 4 is 27.5 Å². The van der Waals surface area contributed by atoms with Gasteiger partial charge in [-0.3, -0.25) is 14.2 Å². The second-order valence-corrected chi connectivity index (χ2v) is 8.86. The van der Waals surface area contributed by atoms with Crippen LogP contribution in [0.3, 0.4) is 0 Å². The Kier molecular flexibility index (Phi) is 5.64. The van der Waals surface area contributed by atoms with Gasteiger partial charge >= 0.3 is 0 Å². The van der Waals surface area contributed by atoms with E-state index in [1.165, 1.54) is 11.3 Å². The number of methoxy groups -OCH3 is 1. The number of thiophene rings is 1. The van der Waals surface area contributed by atoms with Gasteiger partial charge in [-0.05, 0) is 38.3 Å². The molecule has 0 N–H and O–H groups in total. The molecule has 30 heavy (non-hydrogen) atoms. The number of aromatic nitrogens is 2. The van der Waals surface area contributed by atoms with Crippen LogP contribution in [-0.4, -0.2) is 34.5 Å². The van der Waals surface area contributed by atoms with Crippen LogP contribution in [0, 0.1) is 6.92 Å². The smallest absolute Gasteiger partial charge is 0.264 e. The highest BCUT2D eigenvalue weighted by atomic mass is 32.1. The first-order valence-corrected chi connectivity index (χ1v) is 11.2. The maximum atomic E-state index is 13.4. The molecule has 1 aliphatic rings. The van der Waals surface area contributed by atoms with Crippen LogP contribution in [0.15, 0.2) is 29.1 Å². The van der Waals surface area contributed by atoms with E-state index in [2.05, 4.69) is 0 Å². The third-order valence-electron chi connectivity index (χ3n) is 6.10. The van der Waals surface area contributed by atoms with E-state index < -0.39 is 0 Å². The number of carbonyl (C=O) groups is 1. The number of hydrogen-bond acceptors (Lipinski definition) is 5. The number of nitrogens with zero attached hydrogens (tertiary/aromatic N) is 3. The van der Waals surface area contributed by atoms with E-state index in [-0.39, 0.29) is 17.5 Å². The Morgan fingerprint density at radius 2 is 2.03 bits per heavy atom. The number of rotatable bonds is 4. The summed E-state index contributed by atoms with van der Waals surface area (Å²) in [7, 11) is 3.42. The van der Waals surface area contributed by atoms with E-state index in [0.717, 1.165) is 48.4 Å². The fourth-order valence-electron chi connectivity index (χ4n) is 4.17. The predicted octanol–water partition coefficient (Wildman–Crippen LogP) is 4.33. The van der Waals surface area contributed by atoms with Gasteiger partial charge in [-0.1, -0.05) is 24.6 Å². The molecule has 1 amide bonds. The standard InChI is InChI=1S/C23H27N3O3S/c1-14-19-21(24-18-12-6-5-9-13-26(18)22(19)27)30-20(14)23(28)25(3)15(2)16-10-7-8-11-17(16)29-4/h7-8,10-11,15H,5-6,9,12-13H2,1-4H3. The molecule has 2 aromatic heterocycles. The Labute approximate surface area is 180 Å². The normalized spacial score (nSPS) is 14.8. The maximum absolute atomic E-state index is 13.4. The average Bonchev–Trinajstić information content (AvgIpc) is 2.92. The number of fused-ring (bicyclic) bond motifs is 2. The SMILES string of the molecule is COc1ccccc1C(C)N(C)C(=O)c1sc2nc3n(c(=O)c2c1C)CCCCC3. The zero-order chi connectivity index (χ0) is 21.4. The van der Waals surface area contributed by atoms with Crippen molar-refractivity contribution in [2.45, 2.75) is 52.1 Å². The van der Waals surface area contributed by atoms with E-state index in [4.69, 9.17) is 9.72 Å². The first-order chi connectivity index (χ1) is 14.4. The first-order valence-electron chi connectivity index (χ1n) is 10.4. The molecule has 1 aromatic carbocycles. The molecule has 0 spiro atoms. The lowest BCUT2D eigenvalue weighted by atomic mass is 10.1. The van der Waals surface area contributed by atoms with Crippen molar-refractivity contribution in [2.75, 3.05) is 14.2 Å². The largest absolute Gasteiger partial charge is 0.496 e. The van der Waals surface area contributed by atoms with Crippen LogP contribution in [0.25, 0.3) is 10.2 Å². The number of para-hydroxylation sites is 1. The van der Waals surface area contributed by atoms with Crippen LogP contribution in [0.1, 0.15) is 58.9 Å². The number of amides is 1. The second-order valence-electron chi connectivity index (χ2n) is 7.87. The summed E-state index contributed by atoms with van der Waals surface area (Å²) in [5, 5.41) is 0.590. The number of aryl methyl sites for hydroxylation is 2. The third kappa shape index (κ3) is 3.41. The summed E-state index contributed by atoms with van der Waals surface area (Å²) in [6.07, 6.45) is 3.97. The van der Waals surface area contributed by atoms with Crippen LogP contribution in [0.4, 0.5) is 0 Å². The summed E-state index contributed by atoms with van der Waals surface area (Å²) in [6.45, 7) is 4.55. The first kappa shape index (κ1) is 20.6. The molecule has 158 valence electrons. The molecule has 0 aliphatic carbocycles. The molecule has 3 heterocycles. The molecule has 0 radical (unpaired) electrons. The van der Waals surface area contributed by atoms with E-state index in [0.29, 0.717) is 21.6 Å². The van der Waals surface area contributed by atoms with Gasteiger partial charge in [0, 0.05) is 25.6 Å². The van der Waals surface area contributed by atoms with Crippen LogP contribution >= 0.6 is 11.3 Å². The molecule has 1 atom stereocenters. The van der Waals surface area contributed by atoms with Crippen molar-refractivity contribution in [3.8, 4) is 5.75 Å². The molecule has 3 aromatic rings. The molecule has 1 aliphatic heterocycles. The zero-order valence-corrected chi connectivity index (χ0v) is 18.7. The Balaban J connectivity index is 1.74. The predicted molar refractivity (Wildman–Crippen MR) is 120 cm³/mol. The fourth-order valence-corrected chi connectivity index (χ4v) is 5.34. The Morgan fingerprint density at radius 3 is 2.80 bits per heavy atom. The summed E-state index contributed by atoms with van der Waals surface area (Å²) >= 11 is 1.33. The molecule has 7 heteroatoms. The average molecular weight is 426 g/mol. The molecule has 6 nitrogen and oxygen atoms in total. The van der Waals surface area contributed by atoms with Crippen LogP contribution in [-0.2, 0) is 13.0 Å². The summed E-state index contributed by atoms with van der Waals surface area (Å²) in [6, 6.07) is 7.54. The minimum absolute atomic E-state index is 0.00914. The molecule has 1 unspecified atom stereocenters. The van der Waals surface area contributed by atoms with Crippen molar-refractivity contribution in [3.05, 3.63) is 56.4 Å². The quantitative estimate of drug-likeness (QED) is 0.624. The molecule has 0 saturated carbocycles. The van der Waals surface area contributed by atoms with Gasteiger partial charge in [-0.15, -0.1) is 11.3 Å². The van der Waals surface area contributed by atoms with E-state index in [1.54, 1.807) is 19.1 Å². The molecule has 4 rings (SSSR count). The molecule has 0 bridgehead atoms. The van der Waals surface area contributed by atoms with Gasteiger partial charge in [0.1, 0.15) is 16.4 Å². The van der Waals surface area contributed by atoms with Crippen molar-refractivity contribution in [1.29, 1.82) is 0 Å². The van der Waals surface area contributed by atoms with Crippen molar-refractivity contribution in [3.63, 3.8) is 0 Å². The highest BCUT2D eigenvalue weighted by molar-refractivity contribution is 7.20. The van der Waals surface area contributed by atoms with Gasteiger partial charge in [0.2, 0.25) is 0 Å². The zero-order valence-electron chi connectivity index (χ0n) is 17.9. The van der Waals surface area contributed by atoms with Crippen LogP contribution in [0.5, 0.6) is 5.75 Å². The van der Waals surface area contributed by atoms with E-state index in [9.17, 15) is 9.59 Å². The van der Waals surface area contributed by atoms with Gasteiger partial charge in [0.25, 0.3) is 11.5 Å². The molecule has 0 saturated heterocycles. The van der Waals surface area contributed by atoms with Gasteiger partial charge in [-0.2, -0.15) is 0 Å². The summed E-state index contributed by atoms with van der Waals surface area (Å²) in [4.78, 5) is 34.3. The topological polar surface area (TPSA) is 64.4 Å². The van der Waals surface area contributed by atoms with Crippen LogP contribution in [0.2, 0.25) is 0 Å². The van der Waals surface area contributed by atoms with Crippen molar-refractivity contribution in [2.24, 2.45) is 0 Å². The number of ether oxygens (including phenoxy) is 1. The Bertz CT molecular complexity index is 1160. The van der Waals surface area contributed by atoms with Gasteiger partial charge in [0.05, 0.1) is 23.4 Å². The highest BCUT2D eigenvalue weighted by Crippen LogP contribution is 2.33. The van der Waals surface area contributed by atoms with Crippen molar-refractivity contribution in [1.82, 2.24) is 14.5 Å². The third-order valence-corrected chi connectivity index (χ3v) is 7.27. The summed E-state index contributed by atoms with van der Waals surface area (Å²) in [5.74, 6) is 1.50. The summed E-state index contributed by atoms with van der Waals surface area (Å²) in [5.41, 5.74) is 1.67. The maximum Gasteiger partial charge on any atom is 0.264 e. The molecular formula is C23H27N3O3S. The van der Waals surface area contributed by atoms with Gasteiger partial charge in [-0.25, -0.2) is 4.98 Å². The van der Waals surface area contributed by atoms with Gasteiger partial charge in [0.15, 0.2) is 0 Å². The summed E-state index contributed by atoms with van der Waals surface area (Å²) < 4.78 is 7.28. The fraction of sp³-hybridized carbons (Fsp3) is 0.435. The minimum atomic E-state index is -0.177. The lowest BCUT2D eigenvalue weighted by Gasteiger charge is -2.26. The van der Waals surface area contributed by atoms with Crippen LogP contribution < -0.4 is 10.3 Å².